The predicted molar refractivity (Wildman–Crippen MR) is 78.2 cm³/mol. The number of aromatic nitrogens is 1. The molecule has 0 saturated carbocycles. The molecule has 0 aliphatic heterocycles. The summed E-state index contributed by atoms with van der Waals surface area (Å²) in [5.74, 6) is 0. The van der Waals surface area contributed by atoms with Gasteiger partial charge in [-0.25, -0.2) is 0 Å². The third kappa shape index (κ3) is 3.55. The Hall–Kier alpha value is -1.87. The third-order valence-electron chi connectivity index (χ3n) is 3.14. The first-order valence-corrected chi connectivity index (χ1v) is 6.47. The molecule has 2 rings (SSSR count). The number of aliphatic hydroxyl groups is 1. The maximum Gasteiger partial charge on any atom is 0.0931 e. The van der Waals surface area contributed by atoms with Crippen LogP contribution >= 0.6 is 0 Å². The molecular formula is C16H20N2O. The Morgan fingerprint density at radius 2 is 2.05 bits per heavy atom. The largest absolute Gasteiger partial charge is 0.387 e. The van der Waals surface area contributed by atoms with E-state index in [1.54, 1.807) is 13.1 Å². The van der Waals surface area contributed by atoms with Gasteiger partial charge in [-0.15, -0.1) is 0 Å². The number of nitrogens with zero attached hydrogens (tertiary/aromatic N) is 2. The first kappa shape index (κ1) is 13.6. The Balaban J connectivity index is 2.09. The van der Waals surface area contributed by atoms with Crippen LogP contribution in [-0.4, -0.2) is 17.1 Å². The van der Waals surface area contributed by atoms with E-state index in [1.807, 2.05) is 19.2 Å². The molecule has 1 N–H and O–H groups in total. The molecule has 0 fully saturated rings. The maximum absolute atomic E-state index is 9.44. The highest BCUT2D eigenvalue weighted by Gasteiger charge is 2.05. The summed E-state index contributed by atoms with van der Waals surface area (Å²) in [6, 6.07) is 12.3. The van der Waals surface area contributed by atoms with Gasteiger partial charge in [0.25, 0.3) is 0 Å². The normalized spacial score (nSPS) is 12.2. The van der Waals surface area contributed by atoms with Crippen molar-refractivity contribution in [2.24, 2.45) is 0 Å². The fourth-order valence-electron chi connectivity index (χ4n) is 2.05. The second kappa shape index (κ2) is 5.85. The predicted octanol–water partition coefficient (Wildman–Crippen LogP) is 3.08. The van der Waals surface area contributed by atoms with Crippen LogP contribution in [0.4, 0.5) is 5.69 Å². The van der Waals surface area contributed by atoms with Gasteiger partial charge in [-0.05, 0) is 31.5 Å². The number of hydrogen-bond acceptors (Lipinski definition) is 3. The van der Waals surface area contributed by atoms with Crippen LogP contribution in [0.2, 0.25) is 0 Å². The Morgan fingerprint density at radius 3 is 2.63 bits per heavy atom. The highest BCUT2D eigenvalue weighted by atomic mass is 16.3. The molecular weight excluding hydrogens is 236 g/mol. The molecule has 2 aromatic rings. The number of anilines is 1. The van der Waals surface area contributed by atoms with Crippen LogP contribution in [0, 0.1) is 6.92 Å². The van der Waals surface area contributed by atoms with E-state index in [9.17, 15) is 5.11 Å². The first-order chi connectivity index (χ1) is 9.06. The fourth-order valence-corrected chi connectivity index (χ4v) is 2.05. The van der Waals surface area contributed by atoms with Crippen LogP contribution in [0.1, 0.15) is 29.8 Å². The smallest absolute Gasteiger partial charge is 0.0931 e. The van der Waals surface area contributed by atoms with Gasteiger partial charge in [-0.2, -0.15) is 0 Å². The van der Waals surface area contributed by atoms with Gasteiger partial charge in [0.1, 0.15) is 0 Å². The van der Waals surface area contributed by atoms with E-state index in [4.69, 9.17) is 0 Å². The summed E-state index contributed by atoms with van der Waals surface area (Å²) in [5.41, 5.74) is 4.30. The number of aryl methyl sites for hydroxylation is 1. The van der Waals surface area contributed by atoms with E-state index < -0.39 is 6.10 Å². The third-order valence-corrected chi connectivity index (χ3v) is 3.14. The molecule has 1 aromatic carbocycles. The first-order valence-electron chi connectivity index (χ1n) is 6.47. The topological polar surface area (TPSA) is 36.4 Å². The molecule has 0 bridgehead atoms. The van der Waals surface area contributed by atoms with Gasteiger partial charge in [-0.1, -0.05) is 29.8 Å². The van der Waals surface area contributed by atoms with Crippen molar-refractivity contribution in [3.8, 4) is 0 Å². The number of pyridine rings is 1. The highest BCUT2D eigenvalue weighted by molar-refractivity contribution is 5.44. The van der Waals surface area contributed by atoms with Crippen molar-refractivity contribution >= 4 is 5.69 Å². The minimum Gasteiger partial charge on any atom is -0.387 e. The van der Waals surface area contributed by atoms with Crippen LogP contribution in [0.15, 0.2) is 42.6 Å². The zero-order valence-electron chi connectivity index (χ0n) is 11.7. The van der Waals surface area contributed by atoms with Crippen molar-refractivity contribution in [2.45, 2.75) is 26.5 Å². The van der Waals surface area contributed by atoms with Crippen LogP contribution in [-0.2, 0) is 6.54 Å². The molecule has 3 nitrogen and oxygen atoms in total. The summed E-state index contributed by atoms with van der Waals surface area (Å²) in [6.07, 6.45) is 1.29. The van der Waals surface area contributed by atoms with E-state index in [0.717, 1.165) is 12.2 Å². The Bertz CT molecular complexity index is 535. The highest BCUT2D eigenvalue weighted by Crippen LogP contribution is 2.17. The zero-order chi connectivity index (χ0) is 13.8. The SMILES string of the molecule is Cc1cccc(CN(C)c2ccc(C(C)O)nc2)c1. The molecule has 100 valence electrons. The summed E-state index contributed by atoms with van der Waals surface area (Å²) in [5, 5.41) is 9.44. The summed E-state index contributed by atoms with van der Waals surface area (Å²) < 4.78 is 0. The molecule has 1 heterocycles. The van der Waals surface area contributed by atoms with Crippen LogP contribution < -0.4 is 4.90 Å². The average molecular weight is 256 g/mol. The minimum atomic E-state index is -0.517. The molecule has 1 atom stereocenters. The van der Waals surface area contributed by atoms with Crippen molar-refractivity contribution in [2.75, 3.05) is 11.9 Å². The summed E-state index contributed by atoms with van der Waals surface area (Å²) in [7, 11) is 2.04. The number of hydrogen-bond donors (Lipinski definition) is 1. The van der Waals surface area contributed by atoms with E-state index in [-0.39, 0.29) is 0 Å². The van der Waals surface area contributed by atoms with E-state index >= 15 is 0 Å². The van der Waals surface area contributed by atoms with Crippen LogP contribution in [0.5, 0.6) is 0 Å². The molecule has 0 amide bonds. The van der Waals surface area contributed by atoms with Gasteiger partial charge >= 0.3 is 0 Å². The number of aliphatic hydroxyl groups excluding tert-OH is 1. The van der Waals surface area contributed by atoms with Gasteiger partial charge in [0.2, 0.25) is 0 Å². The van der Waals surface area contributed by atoms with Gasteiger partial charge < -0.3 is 10.0 Å². The quantitative estimate of drug-likeness (QED) is 0.913. The van der Waals surface area contributed by atoms with Crippen LogP contribution in [0.3, 0.4) is 0 Å². The van der Waals surface area contributed by atoms with Gasteiger partial charge in [0.05, 0.1) is 23.7 Å². The number of benzene rings is 1. The fraction of sp³-hybridized carbons (Fsp3) is 0.312. The van der Waals surface area contributed by atoms with Crippen molar-refractivity contribution in [3.63, 3.8) is 0 Å². The molecule has 0 radical (unpaired) electrons. The second-order valence-electron chi connectivity index (χ2n) is 4.96. The minimum absolute atomic E-state index is 0.517. The second-order valence-corrected chi connectivity index (χ2v) is 4.96. The Morgan fingerprint density at radius 1 is 1.26 bits per heavy atom. The van der Waals surface area contributed by atoms with Crippen molar-refractivity contribution in [1.82, 2.24) is 4.98 Å². The zero-order valence-corrected chi connectivity index (χ0v) is 11.7. The van der Waals surface area contributed by atoms with Gasteiger partial charge in [0, 0.05) is 13.6 Å². The van der Waals surface area contributed by atoms with E-state index in [0.29, 0.717) is 5.69 Å². The van der Waals surface area contributed by atoms with Crippen molar-refractivity contribution in [3.05, 3.63) is 59.4 Å². The molecule has 0 saturated heterocycles. The molecule has 0 aliphatic rings. The average Bonchev–Trinajstić information content (AvgIpc) is 2.39. The summed E-state index contributed by atoms with van der Waals surface area (Å²) in [6.45, 7) is 4.67. The van der Waals surface area contributed by atoms with Gasteiger partial charge in [0.15, 0.2) is 0 Å². The molecule has 0 spiro atoms. The molecule has 3 heteroatoms. The molecule has 0 aliphatic carbocycles. The van der Waals surface area contributed by atoms with E-state index in [1.165, 1.54) is 11.1 Å². The van der Waals surface area contributed by atoms with Crippen molar-refractivity contribution in [1.29, 1.82) is 0 Å². The van der Waals surface area contributed by atoms with Crippen LogP contribution in [0.25, 0.3) is 0 Å². The standard InChI is InChI=1S/C16H20N2O/c1-12-5-4-6-14(9-12)11-18(3)15-7-8-16(13(2)19)17-10-15/h4-10,13,19H,11H2,1-3H3. The lowest BCUT2D eigenvalue weighted by molar-refractivity contribution is 0.194. The molecule has 1 unspecified atom stereocenters. The summed E-state index contributed by atoms with van der Waals surface area (Å²) >= 11 is 0. The molecule has 1 aromatic heterocycles. The Kier molecular flexibility index (Phi) is 4.17. The lowest BCUT2D eigenvalue weighted by Gasteiger charge is -2.19. The summed E-state index contributed by atoms with van der Waals surface area (Å²) in [4.78, 5) is 6.41. The lowest BCUT2D eigenvalue weighted by Crippen LogP contribution is -2.16. The van der Waals surface area contributed by atoms with Gasteiger partial charge in [-0.3, -0.25) is 4.98 Å². The van der Waals surface area contributed by atoms with E-state index in [2.05, 4.69) is 41.1 Å². The van der Waals surface area contributed by atoms with Crippen molar-refractivity contribution < 1.29 is 5.11 Å². The Labute approximate surface area is 114 Å². The lowest BCUT2D eigenvalue weighted by atomic mass is 10.1. The monoisotopic (exact) mass is 256 g/mol. The molecule has 19 heavy (non-hydrogen) atoms. The maximum atomic E-state index is 9.44. The number of rotatable bonds is 4.